The number of hydrogen-bond acceptors (Lipinski definition) is 3. The van der Waals surface area contributed by atoms with Crippen LogP contribution >= 0.6 is 0 Å². The summed E-state index contributed by atoms with van der Waals surface area (Å²) in [7, 11) is 0. The molecular formula is C25H24N2O2. The smallest absolute Gasteiger partial charge is 0.255 e. The van der Waals surface area contributed by atoms with Crippen LogP contribution in [-0.2, 0) is 0 Å². The van der Waals surface area contributed by atoms with Crippen LogP contribution in [0.15, 0.2) is 52.9 Å². The van der Waals surface area contributed by atoms with E-state index in [2.05, 4.69) is 24.1 Å². The second-order valence-corrected chi connectivity index (χ2v) is 7.71. The van der Waals surface area contributed by atoms with Crippen molar-refractivity contribution in [1.29, 1.82) is 0 Å². The van der Waals surface area contributed by atoms with Crippen LogP contribution in [0.25, 0.3) is 22.6 Å². The maximum Gasteiger partial charge on any atom is 0.255 e. The Bertz CT molecular complexity index is 1210. The Labute approximate surface area is 170 Å². The van der Waals surface area contributed by atoms with E-state index < -0.39 is 0 Å². The molecule has 0 radical (unpaired) electrons. The Kier molecular flexibility index (Phi) is 4.71. The summed E-state index contributed by atoms with van der Waals surface area (Å²) in [6.45, 7) is 10.1. The Morgan fingerprint density at radius 3 is 2.24 bits per heavy atom. The summed E-state index contributed by atoms with van der Waals surface area (Å²) in [6.07, 6.45) is 0. The van der Waals surface area contributed by atoms with E-state index in [1.54, 1.807) is 0 Å². The minimum atomic E-state index is -0.128. The fourth-order valence-electron chi connectivity index (χ4n) is 3.27. The average Bonchev–Trinajstić information content (AvgIpc) is 3.08. The molecule has 0 bridgehead atoms. The van der Waals surface area contributed by atoms with Crippen LogP contribution < -0.4 is 5.32 Å². The van der Waals surface area contributed by atoms with Crippen LogP contribution in [0.3, 0.4) is 0 Å². The number of aryl methyl sites for hydroxylation is 5. The third-order valence-electron chi connectivity index (χ3n) is 5.51. The largest absolute Gasteiger partial charge is 0.436 e. The lowest BCUT2D eigenvalue weighted by molar-refractivity contribution is 0.102. The van der Waals surface area contributed by atoms with Crippen LogP contribution in [0.5, 0.6) is 0 Å². The lowest BCUT2D eigenvalue weighted by atomic mass is 10.1. The highest BCUT2D eigenvalue weighted by atomic mass is 16.3. The first-order valence-electron chi connectivity index (χ1n) is 9.69. The Hall–Kier alpha value is -3.40. The number of aromatic nitrogens is 1. The summed E-state index contributed by atoms with van der Waals surface area (Å²) in [5, 5.41) is 3.03. The van der Waals surface area contributed by atoms with E-state index in [0.717, 1.165) is 33.5 Å². The second-order valence-electron chi connectivity index (χ2n) is 7.71. The monoisotopic (exact) mass is 384 g/mol. The summed E-state index contributed by atoms with van der Waals surface area (Å²) < 4.78 is 5.98. The van der Waals surface area contributed by atoms with Gasteiger partial charge in [-0.25, -0.2) is 4.98 Å². The number of amides is 1. The van der Waals surface area contributed by atoms with Crippen molar-refractivity contribution in [1.82, 2.24) is 4.98 Å². The molecule has 1 N–H and O–H groups in total. The molecule has 4 aromatic rings. The molecule has 0 saturated carbocycles. The Balaban J connectivity index is 1.67. The van der Waals surface area contributed by atoms with Crippen molar-refractivity contribution in [3.63, 3.8) is 0 Å². The number of carbonyl (C=O) groups is 1. The van der Waals surface area contributed by atoms with E-state index >= 15 is 0 Å². The maximum absolute atomic E-state index is 12.7. The molecule has 0 saturated heterocycles. The maximum atomic E-state index is 12.7. The molecule has 0 aliphatic carbocycles. The number of fused-ring (bicyclic) bond motifs is 1. The number of nitrogens with one attached hydrogen (secondary N) is 1. The highest BCUT2D eigenvalue weighted by molar-refractivity contribution is 6.05. The quantitative estimate of drug-likeness (QED) is 0.452. The molecule has 146 valence electrons. The van der Waals surface area contributed by atoms with Gasteiger partial charge in [0.05, 0.1) is 0 Å². The van der Waals surface area contributed by atoms with E-state index in [-0.39, 0.29) is 5.91 Å². The Morgan fingerprint density at radius 2 is 1.48 bits per heavy atom. The predicted molar refractivity (Wildman–Crippen MR) is 118 cm³/mol. The van der Waals surface area contributed by atoms with E-state index in [9.17, 15) is 4.79 Å². The van der Waals surface area contributed by atoms with Gasteiger partial charge >= 0.3 is 0 Å². The zero-order chi connectivity index (χ0) is 20.7. The molecule has 1 aromatic heterocycles. The minimum absolute atomic E-state index is 0.128. The molecule has 0 atom stereocenters. The predicted octanol–water partition coefficient (Wildman–Crippen LogP) is 6.29. The van der Waals surface area contributed by atoms with Gasteiger partial charge in [-0.15, -0.1) is 0 Å². The normalized spacial score (nSPS) is 11.1. The van der Waals surface area contributed by atoms with Crippen molar-refractivity contribution >= 4 is 22.7 Å². The zero-order valence-electron chi connectivity index (χ0n) is 17.4. The number of oxazole rings is 1. The number of hydrogen-bond donors (Lipinski definition) is 1. The van der Waals surface area contributed by atoms with E-state index in [4.69, 9.17) is 4.42 Å². The molecule has 4 heteroatoms. The summed E-state index contributed by atoms with van der Waals surface area (Å²) >= 11 is 0. The van der Waals surface area contributed by atoms with Gasteiger partial charge in [0.25, 0.3) is 5.91 Å². The van der Waals surface area contributed by atoms with Crippen LogP contribution in [0, 0.1) is 34.6 Å². The average molecular weight is 384 g/mol. The summed E-state index contributed by atoms with van der Waals surface area (Å²) in [4.78, 5) is 17.4. The molecule has 4 nitrogen and oxygen atoms in total. The third kappa shape index (κ3) is 3.66. The molecule has 1 heterocycles. The topological polar surface area (TPSA) is 55.1 Å². The van der Waals surface area contributed by atoms with Gasteiger partial charge in [0, 0.05) is 16.8 Å². The lowest BCUT2D eigenvalue weighted by Gasteiger charge is -2.11. The third-order valence-corrected chi connectivity index (χ3v) is 5.51. The van der Waals surface area contributed by atoms with Crippen LogP contribution in [0.4, 0.5) is 5.69 Å². The van der Waals surface area contributed by atoms with Gasteiger partial charge in [-0.05, 0) is 98.8 Å². The van der Waals surface area contributed by atoms with Gasteiger partial charge in [0.2, 0.25) is 5.89 Å². The van der Waals surface area contributed by atoms with E-state index in [1.165, 1.54) is 16.7 Å². The molecule has 0 aliphatic rings. The van der Waals surface area contributed by atoms with Gasteiger partial charge in [-0.3, -0.25) is 4.79 Å². The molecule has 29 heavy (non-hydrogen) atoms. The number of carbonyl (C=O) groups excluding carboxylic acids is 1. The van der Waals surface area contributed by atoms with E-state index in [0.29, 0.717) is 11.5 Å². The van der Waals surface area contributed by atoms with Gasteiger partial charge in [0.15, 0.2) is 5.58 Å². The van der Waals surface area contributed by atoms with Crippen molar-refractivity contribution < 1.29 is 9.21 Å². The number of nitrogens with zero attached hydrogens (tertiary/aromatic N) is 1. The second kappa shape index (κ2) is 7.21. The van der Waals surface area contributed by atoms with Gasteiger partial charge in [-0.2, -0.15) is 0 Å². The summed E-state index contributed by atoms with van der Waals surface area (Å²) in [6, 6.07) is 15.6. The van der Waals surface area contributed by atoms with Crippen molar-refractivity contribution in [2.75, 3.05) is 5.32 Å². The van der Waals surface area contributed by atoms with Crippen molar-refractivity contribution in [3.05, 3.63) is 81.9 Å². The number of anilines is 1. The van der Waals surface area contributed by atoms with Crippen LogP contribution in [-0.4, -0.2) is 10.9 Å². The Morgan fingerprint density at radius 1 is 0.793 bits per heavy atom. The van der Waals surface area contributed by atoms with Gasteiger partial charge < -0.3 is 9.73 Å². The minimum Gasteiger partial charge on any atom is -0.436 e. The van der Waals surface area contributed by atoms with Crippen molar-refractivity contribution in [2.45, 2.75) is 34.6 Å². The van der Waals surface area contributed by atoms with Crippen molar-refractivity contribution in [2.24, 2.45) is 0 Å². The highest BCUT2D eigenvalue weighted by Crippen LogP contribution is 2.29. The highest BCUT2D eigenvalue weighted by Gasteiger charge is 2.13. The first-order chi connectivity index (χ1) is 13.8. The zero-order valence-corrected chi connectivity index (χ0v) is 17.4. The fourth-order valence-corrected chi connectivity index (χ4v) is 3.27. The van der Waals surface area contributed by atoms with Gasteiger partial charge in [0.1, 0.15) is 5.52 Å². The first-order valence-corrected chi connectivity index (χ1v) is 9.69. The first kappa shape index (κ1) is 18.9. The molecule has 0 spiro atoms. The summed E-state index contributed by atoms with van der Waals surface area (Å²) in [5.41, 5.74) is 9.43. The molecule has 1 amide bonds. The van der Waals surface area contributed by atoms with Crippen LogP contribution in [0.2, 0.25) is 0 Å². The molecule has 0 fully saturated rings. The molecular weight excluding hydrogens is 360 g/mol. The van der Waals surface area contributed by atoms with Gasteiger partial charge in [-0.1, -0.05) is 12.1 Å². The number of rotatable bonds is 3. The molecule has 3 aromatic carbocycles. The SMILES string of the molecule is Cc1ccc(C(=O)Nc2cc(-c3nc4cc(C)c(C)cc4o3)ccc2C)cc1C. The number of benzene rings is 3. The van der Waals surface area contributed by atoms with Crippen molar-refractivity contribution in [3.8, 4) is 11.5 Å². The standard InChI is InChI=1S/C25H24N2O2/c1-14-6-8-19(10-16(14)3)24(28)26-21-13-20(9-7-15(21)2)25-27-22-11-17(4)18(5)12-23(22)29-25/h6-13H,1-5H3,(H,26,28). The molecule has 4 rings (SSSR count). The molecule has 0 unspecified atom stereocenters. The van der Waals surface area contributed by atoms with Crippen LogP contribution in [0.1, 0.15) is 38.2 Å². The van der Waals surface area contributed by atoms with E-state index in [1.807, 2.05) is 69.3 Å². The fraction of sp³-hybridized carbons (Fsp3) is 0.200. The molecule has 0 aliphatic heterocycles. The summed E-state index contributed by atoms with van der Waals surface area (Å²) in [5.74, 6) is 0.420. The lowest BCUT2D eigenvalue weighted by Crippen LogP contribution is -2.13.